The summed E-state index contributed by atoms with van der Waals surface area (Å²) in [5, 5.41) is 12.3. The first-order valence-electron chi connectivity index (χ1n) is 6.62. The van der Waals surface area contributed by atoms with Gasteiger partial charge in [-0.1, -0.05) is 37.3 Å². The smallest absolute Gasteiger partial charge is 0.263 e. The number of rotatable bonds is 6. The highest BCUT2D eigenvalue weighted by molar-refractivity contribution is 7.11. The van der Waals surface area contributed by atoms with Crippen LogP contribution in [-0.4, -0.2) is 28.6 Å². The molecular formula is C15H18N2O2S. The molecule has 20 heavy (non-hydrogen) atoms. The molecule has 1 heterocycles. The predicted molar refractivity (Wildman–Crippen MR) is 80.0 cm³/mol. The van der Waals surface area contributed by atoms with E-state index in [-0.39, 0.29) is 18.6 Å². The number of hydrogen-bond donors (Lipinski definition) is 2. The number of benzene rings is 1. The third-order valence-electron chi connectivity index (χ3n) is 3.06. The van der Waals surface area contributed by atoms with Crippen molar-refractivity contribution in [2.75, 3.05) is 6.61 Å². The Morgan fingerprint density at radius 3 is 2.80 bits per heavy atom. The van der Waals surface area contributed by atoms with Crippen LogP contribution in [0.25, 0.3) is 0 Å². The highest BCUT2D eigenvalue weighted by Gasteiger charge is 2.17. The summed E-state index contributed by atoms with van der Waals surface area (Å²) in [6, 6.07) is 9.53. The van der Waals surface area contributed by atoms with Crippen molar-refractivity contribution >= 4 is 17.2 Å². The molecule has 5 heteroatoms. The molecule has 0 aliphatic heterocycles. The summed E-state index contributed by atoms with van der Waals surface area (Å²) in [6.07, 6.45) is 1.35. The van der Waals surface area contributed by atoms with Gasteiger partial charge in [0.05, 0.1) is 23.9 Å². The third-order valence-corrected chi connectivity index (χ3v) is 3.93. The van der Waals surface area contributed by atoms with Gasteiger partial charge in [0, 0.05) is 0 Å². The highest BCUT2D eigenvalue weighted by atomic mass is 32.1. The first-order chi connectivity index (χ1) is 9.74. The Morgan fingerprint density at radius 2 is 2.15 bits per heavy atom. The van der Waals surface area contributed by atoms with Crippen molar-refractivity contribution in [1.29, 1.82) is 0 Å². The number of carbonyl (C=O) groups is 1. The number of carbonyl (C=O) groups excluding carboxylic acids is 1. The maximum atomic E-state index is 12.2. The Labute approximate surface area is 122 Å². The molecule has 4 nitrogen and oxygen atoms in total. The lowest BCUT2D eigenvalue weighted by atomic mass is 10.1. The average Bonchev–Trinajstić information content (AvgIpc) is 2.96. The van der Waals surface area contributed by atoms with Crippen LogP contribution in [-0.2, 0) is 12.8 Å². The number of nitrogens with one attached hydrogen (secondary N) is 1. The van der Waals surface area contributed by atoms with Gasteiger partial charge < -0.3 is 10.4 Å². The maximum Gasteiger partial charge on any atom is 0.263 e. The molecule has 2 rings (SSSR count). The summed E-state index contributed by atoms with van der Waals surface area (Å²) in [6.45, 7) is 1.89. The van der Waals surface area contributed by atoms with Crippen molar-refractivity contribution in [2.45, 2.75) is 25.8 Å². The summed E-state index contributed by atoms with van der Waals surface area (Å²) in [5.41, 5.74) is 3.58. The first-order valence-corrected chi connectivity index (χ1v) is 7.50. The van der Waals surface area contributed by atoms with Crippen LogP contribution in [0.5, 0.6) is 0 Å². The lowest BCUT2D eigenvalue weighted by Gasteiger charge is -2.16. The van der Waals surface area contributed by atoms with Gasteiger partial charge in [0.1, 0.15) is 4.88 Å². The van der Waals surface area contributed by atoms with Crippen LogP contribution in [0.4, 0.5) is 0 Å². The third kappa shape index (κ3) is 3.65. The van der Waals surface area contributed by atoms with E-state index in [1.54, 1.807) is 5.51 Å². The number of aliphatic hydroxyl groups is 1. The van der Waals surface area contributed by atoms with E-state index in [0.717, 1.165) is 17.7 Å². The van der Waals surface area contributed by atoms with E-state index >= 15 is 0 Å². The topological polar surface area (TPSA) is 62.2 Å². The molecule has 1 aromatic heterocycles. The predicted octanol–water partition coefficient (Wildman–Crippen LogP) is 2.04. The van der Waals surface area contributed by atoms with E-state index in [1.807, 2.05) is 37.3 Å². The summed E-state index contributed by atoms with van der Waals surface area (Å²) >= 11 is 1.34. The quantitative estimate of drug-likeness (QED) is 0.856. The molecule has 1 unspecified atom stereocenters. The molecule has 1 atom stereocenters. The van der Waals surface area contributed by atoms with Gasteiger partial charge in [-0.05, 0) is 18.4 Å². The average molecular weight is 290 g/mol. The monoisotopic (exact) mass is 290 g/mol. The standard InChI is InChI=1S/C15H18N2O2S/c1-2-13-14(20-10-16-13)15(19)17-12(9-18)8-11-6-4-3-5-7-11/h3-7,10,12,18H,2,8-9H2,1H3,(H,17,19). The number of aliphatic hydroxyl groups excluding tert-OH is 1. The molecule has 0 radical (unpaired) electrons. The normalized spacial score (nSPS) is 12.1. The molecule has 1 amide bonds. The van der Waals surface area contributed by atoms with Crippen LogP contribution in [0.3, 0.4) is 0 Å². The van der Waals surface area contributed by atoms with Gasteiger partial charge in [0.2, 0.25) is 0 Å². The molecule has 0 bridgehead atoms. The highest BCUT2D eigenvalue weighted by Crippen LogP contribution is 2.14. The van der Waals surface area contributed by atoms with E-state index < -0.39 is 0 Å². The number of aryl methyl sites for hydroxylation is 1. The second-order valence-corrected chi connectivity index (χ2v) is 5.38. The van der Waals surface area contributed by atoms with Gasteiger partial charge in [-0.2, -0.15) is 0 Å². The van der Waals surface area contributed by atoms with Crippen molar-refractivity contribution in [3.8, 4) is 0 Å². The fourth-order valence-corrected chi connectivity index (χ4v) is 2.80. The van der Waals surface area contributed by atoms with Crippen LogP contribution < -0.4 is 5.32 Å². The molecule has 0 spiro atoms. The Bertz CT molecular complexity index is 554. The van der Waals surface area contributed by atoms with Crippen molar-refractivity contribution in [3.05, 3.63) is 52.0 Å². The molecule has 0 saturated heterocycles. The number of thiazole rings is 1. The zero-order valence-electron chi connectivity index (χ0n) is 11.4. The molecule has 2 aromatic rings. The van der Waals surface area contributed by atoms with Crippen LogP contribution in [0.2, 0.25) is 0 Å². The number of aromatic nitrogens is 1. The Morgan fingerprint density at radius 1 is 1.40 bits per heavy atom. The number of hydrogen-bond acceptors (Lipinski definition) is 4. The van der Waals surface area contributed by atoms with E-state index in [9.17, 15) is 9.90 Å². The fraction of sp³-hybridized carbons (Fsp3) is 0.333. The Hall–Kier alpha value is -1.72. The molecular weight excluding hydrogens is 272 g/mol. The number of amides is 1. The van der Waals surface area contributed by atoms with Crippen LogP contribution >= 0.6 is 11.3 Å². The van der Waals surface area contributed by atoms with Gasteiger partial charge in [-0.25, -0.2) is 4.98 Å². The summed E-state index contributed by atoms with van der Waals surface area (Å²) in [4.78, 5) is 17.0. The maximum absolute atomic E-state index is 12.2. The minimum absolute atomic E-state index is 0.0824. The lowest BCUT2D eigenvalue weighted by Crippen LogP contribution is -2.39. The van der Waals surface area contributed by atoms with E-state index in [1.165, 1.54) is 11.3 Å². The fourth-order valence-electron chi connectivity index (χ4n) is 2.02. The van der Waals surface area contributed by atoms with Gasteiger partial charge in [0.15, 0.2) is 0 Å². The molecule has 0 aliphatic carbocycles. The molecule has 106 valence electrons. The summed E-state index contributed by atoms with van der Waals surface area (Å²) in [7, 11) is 0. The van der Waals surface area contributed by atoms with Gasteiger partial charge >= 0.3 is 0 Å². The van der Waals surface area contributed by atoms with Crippen LogP contribution in [0.1, 0.15) is 27.9 Å². The first kappa shape index (κ1) is 14.7. The van der Waals surface area contributed by atoms with E-state index in [0.29, 0.717) is 11.3 Å². The van der Waals surface area contributed by atoms with Crippen molar-refractivity contribution < 1.29 is 9.90 Å². The summed E-state index contributed by atoms with van der Waals surface area (Å²) < 4.78 is 0. The summed E-state index contributed by atoms with van der Waals surface area (Å²) in [5.74, 6) is -0.153. The molecule has 1 aromatic carbocycles. The molecule has 0 aliphatic rings. The van der Waals surface area contributed by atoms with E-state index in [4.69, 9.17) is 0 Å². The van der Waals surface area contributed by atoms with Gasteiger partial charge in [0.25, 0.3) is 5.91 Å². The van der Waals surface area contributed by atoms with Crippen molar-refractivity contribution in [1.82, 2.24) is 10.3 Å². The molecule has 0 saturated carbocycles. The molecule has 2 N–H and O–H groups in total. The van der Waals surface area contributed by atoms with Gasteiger partial charge in [-0.15, -0.1) is 11.3 Å². The van der Waals surface area contributed by atoms with E-state index in [2.05, 4.69) is 10.3 Å². The zero-order valence-corrected chi connectivity index (χ0v) is 12.2. The Balaban J connectivity index is 2.01. The second-order valence-electron chi connectivity index (χ2n) is 4.52. The SMILES string of the molecule is CCc1ncsc1C(=O)NC(CO)Cc1ccccc1. The van der Waals surface area contributed by atoms with Crippen molar-refractivity contribution in [2.24, 2.45) is 0 Å². The largest absolute Gasteiger partial charge is 0.394 e. The minimum Gasteiger partial charge on any atom is -0.394 e. The Kier molecular flexibility index (Phi) is 5.26. The van der Waals surface area contributed by atoms with Crippen LogP contribution in [0.15, 0.2) is 35.8 Å². The zero-order chi connectivity index (χ0) is 14.4. The van der Waals surface area contributed by atoms with Crippen LogP contribution in [0, 0.1) is 0 Å². The van der Waals surface area contributed by atoms with Gasteiger partial charge in [-0.3, -0.25) is 4.79 Å². The molecule has 0 fully saturated rings. The van der Waals surface area contributed by atoms with Crippen molar-refractivity contribution in [3.63, 3.8) is 0 Å². The minimum atomic E-state index is -0.281. The lowest BCUT2D eigenvalue weighted by molar-refractivity contribution is 0.0919. The second kappa shape index (κ2) is 7.17. The number of nitrogens with zero attached hydrogens (tertiary/aromatic N) is 1.